The van der Waals surface area contributed by atoms with E-state index in [4.69, 9.17) is 0 Å². The molecule has 1 amide bonds. The third-order valence-electron chi connectivity index (χ3n) is 4.35. The van der Waals surface area contributed by atoms with Crippen molar-refractivity contribution < 1.29 is 18.0 Å². The Morgan fingerprint density at radius 1 is 1.46 bits per heavy atom. The average Bonchev–Trinajstić information content (AvgIpc) is 3.11. The van der Waals surface area contributed by atoms with E-state index in [1.54, 1.807) is 11.8 Å². The predicted molar refractivity (Wildman–Crippen MR) is 87.3 cm³/mol. The highest BCUT2D eigenvalue weighted by atomic mass is 32.1. The summed E-state index contributed by atoms with van der Waals surface area (Å²) >= 11 is 1.05. The molecule has 1 fully saturated rings. The molecule has 8 heteroatoms. The van der Waals surface area contributed by atoms with Gasteiger partial charge in [-0.3, -0.25) is 4.79 Å². The first-order valence-electron chi connectivity index (χ1n) is 7.72. The van der Waals surface area contributed by atoms with Crippen LogP contribution in [0.3, 0.4) is 0 Å². The van der Waals surface area contributed by atoms with Crippen LogP contribution in [0.5, 0.6) is 0 Å². The van der Waals surface area contributed by atoms with Crippen molar-refractivity contribution in [1.29, 1.82) is 0 Å². The van der Waals surface area contributed by atoms with E-state index in [1.165, 1.54) is 6.07 Å². The summed E-state index contributed by atoms with van der Waals surface area (Å²) in [6.07, 6.45) is -3.54. The van der Waals surface area contributed by atoms with Crippen LogP contribution in [0, 0.1) is 12.8 Å². The summed E-state index contributed by atoms with van der Waals surface area (Å²) in [4.78, 5) is 19.0. The molecule has 0 bridgehead atoms. The van der Waals surface area contributed by atoms with Crippen molar-refractivity contribution >= 4 is 27.5 Å². The SMILES string of the molecule is CNC[C@@H]1CCN(C(=O)c2sc3nc(C(F)(F)F)ccc3c2C)C1. The first-order chi connectivity index (χ1) is 11.3. The van der Waals surface area contributed by atoms with Crippen molar-refractivity contribution in [2.24, 2.45) is 5.92 Å². The molecule has 1 saturated heterocycles. The van der Waals surface area contributed by atoms with Gasteiger partial charge in [0.25, 0.3) is 5.91 Å². The van der Waals surface area contributed by atoms with Gasteiger partial charge in [0.2, 0.25) is 0 Å². The van der Waals surface area contributed by atoms with Crippen LogP contribution in [0.4, 0.5) is 13.2 Å². The lowest BCUT2D eigenvalue weighted by Gasteiger charge is -2.16. The Kier molecular flexibility index (Phi) is 4.52. The number of nitrogens with zero attached hydrogens (tertiary/aromatic N) is 2. The molecule has 0 aromatic carbocycles. The molecular formula is C16H18F3N3OS. The van der Waals surface area contributed by atoms with Gasteiger partial charge in [-0.25, -0.2) is 4.98 Å². The molecule has 1 N–H and O–H groups in total. The second-order valence-corrected chi connectivity index (χ2v) is 7.07. The fourth-order valence-corrected chi connectivity index (χ4v) is 4.23. The van der Waals surface area contributed by atoms with Crippen LogP contribution >= 0.6 is 11.3 Å². The first kappa shape index (κ1) is 17.2. The summed E-state index contributed by atoms with van der Waals surface area (Å²) in [5.74, 6) is 0.311. The van der Waals surface area contributed by atoms with Crippen molar-refractivity contribution in [2.75, 3.05) is 26.7 Å². The lowest BCUT2D eigenvalue weighted by Crippen LogP contribution is -2.30. The van der Waals surface area contributed by atoms with E-state index in [9.17, 15) is 18.0 Å². The van der Waals surface area contributed by atoms with Crippen LogP contribution in [-0.2, 0) is 6.18 Å². The molecular weight excluding hydrogens is 339 g/mol. The van der Waals surface area contributed by atoms with Crippen LogP contribution in [0.2, 0.25) is 0 Å². The number of hydrogen-bond donors (Lipinski definition) is 1. The lowest BCUT2D eigenvalue weighted by atomic mass is 10.1. The van der Waals surface area contributed by atoms with Gasteiger partial charge >= 0.3 is 6.18 Å². The summed E-state index contributed by atoms with van der Waals surface area (Å²) in [5.41, 5.74) is -0.219. The number of alkyl halides is 3. The van der Waals surface area contributed by atoms with Crippen molar-refractivity contribution in [3.63, 3.8) is 0 Å². The van der Waals surface area contributed by atoms with Gasteiger partial charge in [0.1, 0.15) is 10.5 Å². The van der Waals surface area contributed by atoms with E-state index in [0.717, 1.165) is 30.4 Å². The molecule has 130 valence electrons. The van der Waals surface area contributed by atoms with E-state index in [-0.39, 0.29) is 10.7 Å². The van der Waals surface area contributed by atoms with Gasteiger partial charge in [-0.05, 0) is 50.6 Å². The Hall–Kier alpha value is -1.67. The minimum Gasteiger partial charge on any atom is -0.338 e. The van der Waals surface area contributed by atoms with Gasteiger partial charge < -0.3 is 10.2 Å². The number of pyridine rings is 1. The van der Waals surface area contributed by atoms with Gasteiger partial charge in [-0.2, -0.15) is 13.2 Å². The summed E-state index contributed by atoms with van der Waals surface area (Å²) < 4.78 is 38.4. The number of carbonyl (C=O) groups excluding carboxylic acids is 1. The molecule has 24 heavy (non-hydrogen) atoms. The Morgan fingerprint density at radius 3 is 2.88 bits per heavy atom. The third kappa shape index (κ3) is 3.12. The molecule has 1 aliphatic heterocycles. The standard InChI is InChI=1S/C16H18F3N3OS/c1-9-11-3-4-12(16(17,18)19)21-14(11)24-13(9)15(23)22-6-5-10(8-22)7-20-2/h3-4,10,20H,5-8H2,1-2H3/t10-/m0/s1. The van der Waals surface area contributed by atoms with E-state index in [2.05, 4.69) is 10.3 Å². The second-order valence-electron chi connectivity index (χ2n) is 6.07. The number of halogens is 3. The number of hydrogen-bond acceptors (Lipinski definition) is 4. The Balaban J connectivity index is 1.90. The first-order valence-corrected chi connectivity index (χ1v) is 8.54. The molecule has 0 spiro atoms. The maximum Gasteiger partial charge on any atom is 0.433 e. The number of carbonyl (C=O) groups is 1. The Bertz CT molecular complexity index is 772. The van der Waals surface area contributed by atoms with Gasteiger partial charge in [0, 0.05) is 18.5 Å². The molecule has 4 nitrogen and oxygen atoms in total. The molecule has 2 aromatic rings. The van der Waals surface area contributed by atoms with Gasteiger partial charge in [0.15, 0.2) is 0 Å². The van der Waals surface area contributed by atoms with Crippen LogP contribution in [0.25, 0.3) is 10.2 Å². The monoisotopic (exact) mass is 357 g/mol. The summed E-state index contributed by atoms with van der Waals surface area (Å²) in [6, 6.07) is 2.37. The number of likely N-dealkylation sites (tertiary alicyclic amines) is 1. The topological polar surface area (TPSA) is 45.2 Å². The molecule has 2 aromatic heterocycles. The van der Waals surface area contributed by atoms with Crippen molar-refractivity contribution in [2.45, 2.75) is 19.5 Å². The van der Waals surface area contributed by atoms with Crippen LogP contribution in [0.1, 0.15) is 27.3 Å². The zero-order valence-electron chi connectivity index (χ0n) is 13.4. The van der Waals surface area contributed by atoms with E-state index in [1.807, 2.05) is 7.05 Å². The third-order valence-corrected chi connectivity index (χ3v) is 5.54. The fraction of sp³-hybridized carbons (Fsp3) is 0.500. The number of rotatable bonds is 3. The lowest BCUT2D eigenvalue weighted by molar-refractivity contribution is -0.140. The maximum atomic E-state index is 12.8. The number of aromatic nitrogens is 1. The minimum atomic E-state index is -4.48. The molecule has 0 radical (unpaired) electrons. The molecule has 0 saturated carbocycles. The highest BCUT2D eigenvalue weighted by Gasteiger charge is 2.34. The number of nitrogens with one attached hydrogen (secondary N) is 1. The van der Waals surface area contributed by atoms with Crippen LogP contribution in [0.15, 0.2) is 12.1 Å². The Labute approximate surface area is 141 Å². The van der Waals surface area contributed by atoms with Crippen LogP contribution < -0.4 is 5.32 Å². The predicted octanol–water partition coefficient (Wildman–Crippen LogP) is 3.31. The highest BCUT2D eigenvalue weighted by molar-refractivity contribution is 7.20. The van der Waals surface area contributed by atoms with Gasteiger partial charge in [-0.15, -0.1) is 11.3 Å². The van der Waals surface area contributed by atoms with E-state index < -0.39 is 11.9 Å². The fourth-order valence-electron chi connectivity index (χ4n) is 3.08. The largest absolute Gasteiger partial charge is 0.433 e. The Morgan fingerprint density at radius 2 is 2.21 bits per heavy atom. The van der Waals surface area contributed by atoms with Gasteiger partial charge in [0.05, 0.1) is 4.88 Å². The molecule has 3 rings (SSSR count). The molecule has 0 aliphatic carbocycles. The van der Waals surface area contributed by atoms with Crippen molar-refractivity contribution in [3.05, 3.63) is 28.3 Å². The molecule has 1 aliphatic rings. The van der Waals surface area contributed by atoms with E-state index >= 15 is 0 Å². The average molecular weight is 357 g/mol. The molecule has 1 atom stereocenters. The molecule has 0 unspecified atom stereocenters. The highest BCUT2D eigenvalue weighted by Crippen LogP contribution is 2.35. The minimum absolute atomic E-state index is 0.109. The summed E-state index contributed by atoms with van der Waals surface area (Å²) in [7, 11) is 1.88. The number of amides is 1. The molecule has 3 heterocycles. The maximum absolute atomic E-state index is 12.8. The van der Waals surface area contributed by atoms with Crippen molar-refractivity contribution in [1.82, 2.24) is 15.2 Å². The quantitative estimate of drug-likeness (QED) is 0.917. The normalized spacial score (nSPS) is 18.5. The summed E-state index contributed by atoms with van der Waals surface area (Å²) in [6.45, 7) is 3.97. The number of aryl methyl sites for hydroxylation is 1. The van der Waals surface area contributed by atoms with Crippen molar-refractivity contribution in [3.8, 4) is 0 Å². The van der Waals surface area contributed by atoms with E-state index in [0.29, 0.717) is 34.8 Å². The summed E-state index contributed by atoms with van der Waals surface area (Å²) in [5, 5.41) is 3.72. The number of thiophene rings is 1. The van der Waals surface area contributed by atoms with Gasteiger partial charge in [-0.1, -0.05) is 0 Å². The smallest absolute Gasteiger partial charge is 0.338 e. The second kappa shape index (κ2) is 6.33. The van der Waals surface area contributed by atoms with Crippen LogP contribution in [-0.4, -0.2) is 42.5 Å². The zero-order valence-corrected chi connectivity index (χ0v) is 14.2. The zero-order chi connectivity index (χ0) is 17.5. The number of fused-ring (bicyclic) bond motifs is 1.